The predicted octanol–water partition coefficient (Wildman–Crippen LogP) is 2.72. The summed E-state index contributed by atoms with van der Waals surface area (Å²) in [5.41, 5.74) is 4.61. The number of aromatic nitrogens is 3. The van der Waals surface area contributed by atoms with Gasteiger partial charge in [-0.1, -0.05) is 35.5 Å². The highest BCUT2D eigenvalue weighted by atomic mass is 16.5. The molecular weight excluding hydrogens is 316 g/mol. The van der Waals surface area contributed by atoms with E-state index in [-0.39, 0.29) is 5.92 Å². The van der Waals surface area contributed by atoms with Crippen molar-refractivity contribution in [2.75, 3.05) is 13.2 Å². The van der Waals surface area contributed by atoms with E-state index in [0.717, 1.165) is 25.3 Å². The molecule has 130 valence electrons. The SMILES string of the molecule is Cn1nnc2c1[C@H](COCc1ccccc1)CN(Cc1ccoc1)C2. The molecule has 0 bridgehead atoms. The van der Waals surface area contributed by atoms with Gasteiger partial charge in [0.15, 0.2) is 0 Å². The number of rotatable bonds is 6. The van der Waals surface area contributed by atoms with E-state index in [0.29, 0.717) is 13.2 Å². The second-order valence-corrected chi connectivity index (χ2v) is 6.54. The van der Waals surface area contributed by atoms with Crippen LogP contribution < -0.4 is 0 Å². The van der Waals surface area contributed by atoms with Crippen LogP contribution in [0.15, 0.2) is 53.3 Å². The molecule has 3 aromatic rings. The highest BCUT2D eigenvalue weighted by molar-refractivity contribution is 5.20. The average molecular weight is 338 g/mol. The smallest absolute Gasteiger partial charge is 0.100 e. The third kappa shape index (κ3) is 3.65. The lowest BCUT2D eigenvalue weighted by molar-refractivity contribution is 0.0829. The van der Waals surface area contributed by atoms with Crippen molar-refractivity contribution in [3.05, 3.63) is 71.4 Å². The molecule has 0 N–H and O–H groups in total. The van der Waals surface area contributed by atoms with Crippen molar-refractivity contribution in [1.82, 2.24) is 19.9 Å². The summed E-state index contributed by atoms with van der Waals surface area (Å²) in [5, 5.41) is 8.56. The largest absolute Gasteiger partial charge is 0.472 e. The first-order valence-corrected chi connectivity index (χ1v) is 8.53. The molecular formula is C19H22N4O2. The van der Waals surface area contributed by atoms with Crippen LogP contribution in [0.1, 0.15) is 28.4 Å². The van der Waals surface area contributed by atoms with Gasteiger partial charge in [0.1, 0.15) is 5.69 Å². The molecule has 0 fully saturated rings. The van der Waals surface area contributed by atoms with Crippen LogP contribution in [0, 0.1) is 0 Å². The molecule has 6 nitrogen and oxygen atoms in total. The second kappa shape index (κ2) is 7.21. The van der Waals surface area contributed by atoms with Crippen molar-refractivity contribution in [1.29, 1.82) is 0 Å². The first-order valence-electron chi connectivity index (χ1n) is 8.53. The Morgan fingerprint density at radius 3 is 2.88 bits per heavy atom. The molecule has 1 aliphatic heterocycles. The second-order valence-electron chi connectivity index (χ2n) is 6.54. The third-order valence-corrected chi connectivity index (χ3v) is 4.60. The van der Waals surface area contributed by atoms with E-state index in [1.165, 1.54) is 16.8 Å². The van der Waals surface area contributed by atoms with Gasteiger partial charge in [-0.3, -0.25) is 9.58 Å². The zero-order valence-electron chi connectivity index (χ0n) is 14.3. The summed E-state index contributed by atoms with van der Waals surface area (Å²) < 4.78 is 13.1. The monoisotopic (exact) mass is 338 g/mol. The zero-order chi connectivity index (χ0) is 17.1. The molecule has 6 heteroatoms. The van der Waals surface area contributed by atoms with Crippen molar-refractivity contribution in [2.45, 2.75) is 25.6 Å². The number of ether oxygens (including phenoxy) is 1. The number of aryl methyl sites for hydroxylation is 1. The van der Waals surface area contributed by atoms with Gasteiger partial charge in [0, 0.05) is 38.2 Å². The molecule has 1 aliphatic rings. The van der Waals surface area contributed by atoms with Crippen LogP contribution in [0.3, 0.4) is 0 Å². The van der Waals surface area contributed by atoms with E-state index in [4.69, 9.17) is 9.15 Å². The summed E-state index contributed by atoms with van der Waals surface area (Å²) in [4.78, 5) is 2.37. The maximum absolute atomic E-state index is 6.01. The molecule has 4 rings (SSSR count). The molecule has 0 radical (unpaired) electrons. The van der Waals surface area contributed by atoms with E-state index >= 15 is 0 Å². The summed E-state index contributed by atoms with van der Waals surface area (Å²) >= 11 is 0. The maximum atomic E-state index is 6.01. The number of hydrogen-bond acceptors (Lipinski definition) is 5. The number of hydrogen-bond donors (Lipinski definition) is 0. The number of benzene rings is 1. The van der Waals surface area contributed by atoms with Crippen LogP contribution in [-0.4, -0.2) is 33.0 Å². The molecule has 3 heterocycles. The molecule has 0 saturated heterocycles. The summed E-state index contributed by atoms with van der Waals surface area (Å²) in [6, 6.07) is 12.3. The van der Waals surface area contributed by atoms with Crippen LogP contribution >= 0.6 is 0 Å². The van der Waals surface area contributed by atoms with Crippen LogP contribution in [0.25, 0.3) is 0 Å². The number of fused-ring (bicyclic) bond motifs is 1. The number of furan rings is 1. The van der Waals surface area contributed by atoms with Gasteiger partial charge in [-0.15, -0.1) is 5.10 Å². The fourth-order valence-electron chi connectivity index (χ4n) is 3.48. The Kier molecular flexibility index (Phi) is 4.63. The Morgan fingerprint density at radius 2 is 2.08 bits per heavy atom. The van der Waals surface area contributed by atoms with E-state index in [1.807, 2.05) is 36.0 Å². The van der Waals surface area contributed by atoms with E-state index < -0.39 is 0 Å². The summed E-state index contributed by atoms with van der Waals surface area (Å²) in [5.74, 6) is 0.263. The van der Waals surface area contributed by atoms with Gasteiger partial charge in [0.2, 0.25) is 0 Å². The van der Waals surface area contributed by atoms with Crippen molar-refractivity contribution in [2.24, 2.45) is 7.05 Å². The van der Waals surface area contributed by atoms with Gasteiger partial charge in [0.25, 0.3) is 0 Å². The van der Waals surface area contributed by atoms with Gasteiger partial charge >= 0.3 is 0 Å². The van der Waals surface area contributed by atoms with Gasteiger partial charge < -0.3 is 9.15 Å². The third-order valence-electron chi connectivity index (χ3n) is 4.60. The highest BCUT2D eigenvalue weighted by Crippen LogP contribution is 2.28. The standard InChI is InChI=1S/C19H22N4O2/c1-22-19-17(14-25-12-15-5-3-2-4-6-15)10-23(11-18(19)20-21-22)9-16-7-8-24-13-16/h2-8,13,17H,9-12,14H2,1H3/t17-/m0/s1. The fraction of sp³-hybridized carbons (Fsp3) is 0.368. The zero-order valence-corrected chi connectivity index (χ0v) is 14.3. The van der Waals surface area contributed by atoms with Gasteiger partial charge in [0.05, 0.1) is 31.4 Å². The molecule has 0 aliphatic carbocycles. The first kappa shape index (κ1) is 16.1. The molecule has 2 aromatic heterocycles. The van der Waals surface area contributed by atoms with Crippen molar-refractivity contribution < 1.29 is 9.15 Å². The lowest BCUT2D eigenvalue weighted by Gasteiger charge is -2.31. The van der Waals surface area contributed by atoms with Crippen LogP contribution in [0.4, 0.5) is 0 Å². The van der Waals surface area contributed by atoms with E-state index in [1.54, 1.807) is 12.5 Å². The molecule has 25 heavy (non-hydrogen) atoms. The molecule has 1 aromatic carbocycles. The van der Waals surface area contributed by atoms with Gasteiger partial charge in [-0.25, -0.2) is 0 Å². The average Bonchev–Trinajstić information content (AvgIpc) is 3.26. The van der Waals surface area contributed by atoms with E-state index in [2.05, 4.69) is 27.3 Å². The molecule has 0 amide bonds. The Labute approximate surface area is 147 Å². The summed E-state index contributed by atoms with van der Waals surface area (Å²) in [6.45, 7) is 3.87. The quantitative estimate of drug-likeness (QED) is 0.692. The van der Waals surface area contributed by atoms with Crippen LogP contribution in [-0.2, 0) is 31.5 Å². The minimum Gasteiger partial charge on any atom is -0.472 e. The Balaban J connectivity index is 1.44. The van der Waals surface area contributed by atoms with E-state index in [9.17, 15) is 0 Å². The Bertz CT molecular complexity index is 798. The Hall–Kier alpha value is -2.44. The highest BCUT2D eigenvalue weighted by Gasteiger charge is 2.30. The molecule has 0 unspecified atom stereocenters. The predicted molar refractivity (Wildman–Crippen MR) is 92.7 cm³/mol. The lowest BCUT2D eigenvalue weighted by Crippen LogP contribution is -2.35. The summed E-state index contributed by atoms with van der Waals surface area (Å²) in [7, 11) is 1.96. The topological polar surface area (TPSA) is 56.3 Å². The lowest BCUT2D eigenvalue weighted by atomic mass is 9.98. The minimum absolute atomic E-state index is 0.263. The first-order chi connectivity index (χ1) is 12.3. The maximum Gasteiger partial charge on any atom is 0.100 e. The number of nitrogens with zero attached hydrogens (tertiary/aromatic N) is 4. The van der Waals surface area contributed by atoms with Crippen molar-refractivity contribution in [3.63, 3.8) is 0 Å². The normalized spacial score (nSPS) is 17.6. The minimum atomic E-state index is 0.263. The van der Waals surface area contributed by atoms with Crippen molar-refractivity contribution >= 4 is 0 Å². The van der Waals surface area contributed by atoms with Gasteiger partial charge in [-0.2, -0.15) is 0 Å². The molecule has 0 spiro atoms. The van der Waals surface area contributed by atoms with Crippen LogP contribution in [0.5, 0.6) is 0 Å². The molecule has 1 atom stereocenters. The molecule has 0 saturated carbocycles. The fourth-order valence-corrected chi connectivity index (χ4v) is 3.48. The van der Waals surface area contributed by atoms with Crippen LogP contribution in [0.2, 0.25) is 0 Å². The Morgan fingerprint density at radius 1 is 1.20 bits per heavy atom. The summed E-state index contributed by atoms with van der Waals surface area (Å²) in [6.07, 6.45) is 3.51. The van der Waals surface area contributed by atoms with Gasteiger partial charge in [-0.05, 0) is 11.6 Å². The van der Waals surface area contributed by atoms with Crippen molar-refractivity contribution in [3.8, 4) is 0 Å².